The molecule has 0 heterocycles. The highest BCUT2D eigenvalue weighted by Crippen LogP contribution is 2.39. The Kier molecular flexibility index (Phi) is 9.00. The summed E-state index contributed by atoms with van der Waals surface area (Å²) in [5.41, 5.74) is 0.692. The number of hydrogen-bond donors (Lipinski definition) is 0. The summed E-state index contributed by atoms with van der Waals surface area (Å²) in [6, 6.07) is 3.47. The molecule has 20 heavy (non-hydrogen) atoms. The molecular formula is C15H24O5. The van der Waals surface area contributed by atoms with Crippen molar-refractivity contribution in [1.82, 2.24) is 0 Å². The van der Waals surface area contributed by atoms with Crippen LogP contribution in [-0.4, -0.2) is 34.4 Å². The van der Waals surface area contributed by atoms with E-state index in [1.165, 1.54) is 34.9 Å². The Labute approximate surface area is 120 Å². The molecule has 0 aliphatic carbocycles. The van der Waals surface area contributed by atoms with Crippen LogP contribution in [0, 0.1) is 0 Å². The van der Waals surface area contributed by atoms with Crippen LogP contribution < -0.4 is 14.2 Å². The highest BCUT2D eigenvalue weighted by molar-refractivity contribution is 5.74. The highest BCUT2D eigenvalue weighted by Gasteiger charge is 2.17. The van der Waals surface area contributed by atoms with Crippen LogP contribution in [0.1, 0.15) is 25.8 Å². The van der Waals surface area contributed by atoms with Crippen LogP contribution in [0.5, 0.6) is 17.2 Å². The molecule has 1 rings (SSSR count). The van der Waals surface area contributed by atoms with Gasteiger partial charge in [-0.05, 0) is 6.07 Å². The predicted molar refractivity (Wildman–Crippen MR) is 77.8 cm³/mol. The Morgan fingerprint density at radius 1 is 0.950 bits per heavy atom. The van der Waals surface area contributed by atoms with E-state index in [0.717, 1.165) is 0 Å². The van der Waals surface area contributed by atoms with Gasteiger partial charge in [-0.3, -0.25) is 4.79 Å². The van der Waals surface area contributed by atoms with E-state index in [1.54, 1.807) is 12.1 Å². The van der Waals surface area contributed by atoms with Crippen LogP contribution in [0.2, 0.25) is 0 Å². The molecule has 0 amide bonds. The maximum atomic E-state index is 11.3. The second-order valence-electron chi connectivity index (χ2n) is 3.95. The molecule has 0 aliphatic rings. The maximum absolute atomic E-state index is 11.3. The van der Waals surface area contributed by atoms with Gasteiger partial charge >= 0.3 is 5.97 Å². The molecule has 0 saturated heterocycles. The van der Waals surface area contributed by atoms with Crippen molar-refractivity contribution < 1.29 is 23.7 Å². The monoisotopic (exact) mass is 284 g/mol. The second-order valence-corrected chi connectivity index (χ2v) is 3.95. The highest BCUT2D eigenvalue weighted by atomic mass is 16.5. The smallest absolute Gasteiger partial charge is 0.310 e. The Hall–Kier alpha value is -1.91. The van der Waals surface area contributed by atoms with Crippen LogP contribution in [0.15, 0.2) is 12.1 Å². The number of benzene rings is 1. The molecule has 0 radical (unpaired) electrons. The molecule has 0 N–H and O–H groups in total. The Balaban J connectivity index is 0.00000110. The van der Waals surface area contributed by atoms with Crippen molar-refractivity contribution >= 4 is 5.97 Å². The zero-order chi connectivity index (χ0) is 15.5. The van der Waals surface area contributed by atoms with E-state index in [1.807, 2.05) is 0 Å². The summed E-state index contributed by atoms with van der Waals surface area (Å²) >= 11 is 0. The van der Waals surface area contributed by atoms with E-state index in [4.69, 9.17) is 14.2 Å². The molecule has 5 nitrogen and oxygen atoms in total. The Morgan fingerprint density at radius 2 is 1.50 bits per heavy atom. The van der Waals surface area contributed by atoms with Gasteiger partial charge in [0.15, 0.2) is 11.5 Å². The van der Waals surface area contributed by atoms with Gasteiger partial charge in [0.25, 0.3) is 0 Å². The standard InChI is InChI=1S/C12H16O5.C3H8/c1-14-9-6-5-8(7-10(13)15-2)11(16-3)12(9)17-4;1-3-2/h5-6H,7H2,1-4H3;3H2,1-2H3. The van der Waals surface area contributed by atoms with Crippen LogP contribution in [0.25, 0.3) is 0 Å². The van der Waals surface area contributed by atoms with Crippen molar-refractivity contribution in [2.24, 2.45) is 0 Å². The minimum Gasteiger partial charge on any atom is -0.493 e. The van der Waals surface area contributed by atoms with Gasteiger partial charge in [-0.15, -0.1) is 0 Å². The normalized spacial score (nSPS) is 9.10. The minimum atomic E-state index is -0.337. The van der Waals surface area contributed by atoms with Crippen molar-refractivity contribution in [2.45, 2.75) is 26.7 Å². The van der Waals surface area contributed by atoms with Crippen LogP contribution in [-0.2, 0) is 16.0 Å². The molecule has 5 heteroatoms. The average molecular weight is 284 g/mol. The van der Waals surface area contributed by atoms with Gasteiger partial charge in [0.05, 0.1) is 34.9 Å². The van der Waals surface area contributed by atoms with Crippen molar-refractivity contribution in [3.05, 3.63) is 17.7 Å². The van der Waals surface area contributed by atoms with Gasteiger partial charge in [-0.25, -0.2) is 0 Å². The van der Waals surface area contributed by atoms with Gasteiger partial charge in [-0.1, -0.05) is 26.3 Å². The molecule has 1 aromatic rings. The third kappa shape index (κ3) is 4.99. The predicted octanol–water partition coefficient (Wildman–Crippen LogP) is 2.84. The van der Waals surface area contributed by atoms with Gasteiger partial charge in [0.1, 0.15) is 0 Å². The third-order valence-electron chi connectivity index (χ3n) is 2.35. The van der Waals surface area contributed by atoms with Gasteiger partial charge < -0.3 is 18.9 Å². The molecule has 0 unspecified atom stereocenters. The number of carbonyl (C=O) groups is 1. The number of rotatable bonds is 5. The Bertz CT molecular complexity index is 415. The van der Waals surface area contributed by atoms with E-state index in [2.05, 4.69) is 18.6 Å². The van der Waals surface area contributed by atoms with Gasteiger partial charge in [0, 0.05) is 5.56 Å². The molecule has 0 saturated carbocycles. The van der Waals surface area contributed by atoms with E-state index < -0.39 is 0 Å². The molecule has 0 bridgehead atoms. The summed E-state index contributed by atoms with van der Waals surface area (Å²) in [6.07, 6.45) is 1.38. The molecule has 1 aromatic carbocycles. The zero-order valence-electron chi connectivity index (χ0n) is 13.1. The first-order valence-corrected chi connectivity index (χ1v) is 6.44. The zero-order valence-corrected chi connectivity index (χ0v) is 13.1. The summed E-state index contributed by atoms with van der Waals surface area (Å²) in [7, 11) is 5.91. The van der Waals surface area contributed by atoms with Crippen molar-refractivity contribution in [2.75, 3.05) is 28.4 Å². The lowest BCUT2D eigenvalue weighted by Crippen LogP contribution is -2.07. The average Bonchev–Trinajstić information content (AvgIpc) is 2.47. The quantitative estimate of drug-likeness (QED) is 0.778. The molecular weight excluding hydrogens is 260 g/mol. The first-order chi connectivity index (χ1) is 9.59. The topological polar surface area (TPSA) is 54.0 Å². The van der Waals surface area contributed by atoms with E-state index in [-0.39, 0.29) is 12.4 Å². The fraction of sp³-hybridized carbons (Fsp3) is 0.533. The summed E-state index contributed by atoms with van der Waals surface area (Å²) in [5, 5.41) is 0. The largest absolute Gasteiger partial charge is 0.493 e. The van der Waals surface area contributed by atoms with Gasteiger partial charge in [-0.2, -0.15) is 0 Å². The maximum Gasteiger partial charge on any atom is 0.310 e. The SMILES string of the molecule is CCC.COC(=O)Cc1ccc(OC)c(OC)c1OC. The molecule has 0 fully saturated rings. The summed E-state index contributed by atoms with van der Waals surface area (Å²) in [5.74, 6) is 1.17. The Morgan fingerprint density at radius 3 is 1.90 bits per heavy atom. The first-order valence-electron chi connectivity index (χ1n) is 6.44. The minimum absolute atomic E-state index is 0.125. The van der Waals surface area contributed by atoms with Crippen molar-refractivity contribution in [3.8, 4) is 17.2 Å². The molecule has 0 aromatic heterocycles. The number of carbonyl (C=O) groups excluding carboxylic acids is 1. The van der Waals surface area contributed by atoms with Gasteiger partial charge in [0.2, 0.25) is 5.75 Å². The molecule has 0 atom stereocenters. The lowest BCUT2D eigenvalue weighted by molar-refractivity contribution is -0.139. The lowest BCUT2D eigenvalue weighted by atomic mass is 10.1. The van der Waals surface area contributed by atoms with E-state index in [0.29, 0.717) is 22.8 Å². The summed E-state index contributed by atoms with van der Waals surface area (Å²) < 4.78 is 20.2. The third-order valence-corrected chi connectivity index (χ3v) is 2.35. The molecule has 0 spiro atoms. The fourth-order valence-corrected chi connectivity index (χ4v) is 1.53. The molecule has 114 valence electrons. The van der Waals surface area contributed by atoms with Crippen molar-refractivity contribution in [1.29, 1.82) is 0 Å². The lowest BCUT2D eigenvalue weighted by Gasteiger charge is -2.15. The van der Waals surface area contributed by atoms with E-state index in [9.17, 15) is 4.79 Å². The number of hydrogen-bond acceptors (Lipinski definition) is 5. The van der Waals surface area contributed by atoms with Crippen LogP contribution >= 0.6 is 0 Å². The van der Waals surface area contributed by atoms with Crippen LogP contribution in [0.3, 0.4) is 0 Å². The number of esters is 1. The van der Waals surface area contributed by atoms with E-state index >= 15 is 0 Å². The molecule has 0 aliphatic heterocycles. The second kappa shape index (κ2) is 9.95. The number of methoxy groups -OCH3 is 4. The van der Waals surface area contributed by atoms with Crippen molar-refractivity contribution in [3.63, 3.8) is 0 Å². The summed E-state index contributed by atoms with van der Waals surface area (Å²) in [6.45, 7) is 4.25. The van der Waals surface area contributed by atoms with Crippen LogP contribution in [0.4, 0.5) is 0 Å². The fourth-order valence-electron chi connectivity index (χ4n) is 1.53. The first kappa shape index (κ1) is 18.1. The summed E-state index contributed by atoms with van der Waals surface area (Å²) in [4.78, 5) is 11.3. The number of ether oxygens (including phenoxy) is 4.